The molecule has 1 saturated heterocycles. The maximum atomic E-state index is 13.2. The molecule has 5 aliphatic rings. The first-order valence-corrected chi connectivity index (χ1v) is 12.6. The third-order valence-electron chi connectivity index (χ3n) is 7.15. The average molecular weight is 460 g/mol. The summed E-state index contributed by atoms with van der Waals surface area (Å²) < 4.78 is 0. The van der Waals surface area contributed by atoms with Crippen LogP contribution in [0.25, 0.3) is 0 Å². The molecule has 0 spiro atoms. The lowest BCUT2D eigenvalue weighted by Gasteiger charge is -2.39. The number of thiophene rings is 2. The van der Waals surface area contributed by atoms with Gasteiger partial charge in [0.25, 0.3) is 0 Å². The summed E-state index contributed by atoms with van der Waals surface area (Å²) in [5.74, 6) is 0.426. The Hall–Kier alpha value is -3.07. The number of rotatable bonds is 2. The van der Waals surface area contributed by atoms with Crippen LogP contribution >= 0.6 is 22.7 Å². The largest absolute Gasteiger partial charge is 0.384 e. The minimum Gasteiger partial charge on any atom is -0.384 e. The number of fused-ring (bicyclic) bond motifs is 2. The third-order valence-corrected chi connectivity index (χ3v) is 9.34. The molecule has 1 aliphatic carbocycles. The number of anilines is 2. The van der Waals surface area contributed by atoms with Crippen molar-refractivity contribution in [2.24, 2.45) is 5.73 Å². The highest BCUT2D eigenvalue weighted by Gasteiger charge is 2.44. The van der Waals surface area contributed by atoms with Crippen LogP contribution in [0.15, 0.2) is 40.2 Å². The number of hydrogen-bond acceptors (Lipinski definition) is 8. The zero-order chi connectivity index (χ0) is 22.0. The van der Waals surface area contributed by atoms with E-state index < -0.39 is 5.92 Å². The summed E-state index contributed by atoms with van der Waals surface area (Å²) in [7, 11) is 0. The molecular formula is C24H21N5OS2. The van der Waals surface area contributed by atoms with Crippen molar-refractivity contribution in [3.05, 3.63) is 56.2 Å². The van der Waals surface area contributed by atoms with Gasteiger partial charge in [0, 0.05) is 41.2 Å². The molecule has 160 valence electrons. The molecule has 2 bridgehead atoms. The number of carbonyl (C=O) groups is 1. The molecule has 2 aromatic heterocycles. The predicted octanol–water partition coefficient (Wildman–Crippen LogP) is 4.68. The molecule has 6 heterocycles. The van der Waals surface area contributed by atoms with Gasteiger partial charge in [-0.2, -0.15) is 10.5 Å². The minimum absolute atomic E-state index is 0.0820. The molecule has 0 amide bonds. The van der Waals surface area contributed by atoms with Crippen molar-refractivity contribution in [3.8, 4) is 12.1 Å². The highest BCUT2D eigenvalue weighted by molar-refractivity contribution is 7.20. The predicted molar refractivity (Wildman–Crippen MR) is 125 cm³/mol. The van der Waals surface area contributed by atoms with Crippen molar-refractivity contribution in [3.63, 3.8) is 0 Å². The van der Waals surface area contributed by atoms with E-state index in [1.165, 1.54) is 0 Å². The molecule has 1 atom stereocenters. The van der Waals surface area contributed by atoms with Crippen LogP contribution in [0.3, 0.4) is 0 Å². The molecule has 32 heavy (non-hydrogen) atoms. The number of hydrogen-bond donors (Lipinski definition) is 1. The van der Waals surface area contributed by atoms with Crippen molar-refractivity contribution < 1.29 is 4.79 Å². The van der Waals surface area contributed by atoms with Gasteiger partial charge in [-0.05, 0) is 43.0 Å². The highest BCUT2D eigenvalue weighted by Crippen LogP contribution is 2.55. The van der Waals surface area contributed by atoms with Gasteiger partial charge in [-0.15, -0.1) is 11.3 Å². The fraction of sp³-hybridized carbons (Fsp3) is 0.375. The van der Waals surface area contributed by atoms with Gasteiger partial charge < -0.3 is 10.6 Å². The van der Waals surface area contributed by atoms with Crippen LogP contribution in [0.5, 0.6) is 0 Å². The van der Waals surface area contributed by atoms with Gasteiger partial charge in [0.15, 0.2) is 5.78 Å². The Morgan fingerprint density at radius 2 is 1.94 bits per heavy atom. The lowest BCUT2D eigenvalue weighted by Crippen LogP contribution is -2.38. The monoisotopic (exact) mass is 459 g/mol. The molecule has 1 fully saturated rings. The summed E-state index contributed by atoms with van der Waals surface area (Å²) in [5.41, 5.74) is 10.5. The zero-order valence-electron chi connectivity index (χ0n) is 17.4. The minimum atomic E-state index is -0.417. The summed E-state index contributed by atoms with van der Waals surface area (Å²) in [6.07, 6.45) is 4.08. The molecule has 8 heteroatoms. The quantitative estimate of drug-likeness (QED) is 0.700. The van der Waals surface area contributed by atoms with Gasteiger partial charge >= 0.3 is 0 Å². The zero-order valence-corrected chi connectivity index (χ0v) is 19.1. The second-order valence-electron chi connectivity index (χ2n) is 8.71. The first kappa shape index (κ1) is 19.6. The third kappa shape index (κ3) is 2.57. The van der Waals surface area contributed by atoms with E-state index in [1.54, 1.807) is 22.7 Å². The van der Waals surface area contributed by atoms with E-state index in [-0.39, 0.29) is 5.78 Å². The number of nitrogens with two attached hydrogens (primary N) is 1. The summed E-state index contributed by atoms with van der Waals surface area (Å²) in [6, 6.07) is 8.69. The fourth-order valence-corrected chi connectivity index (χ4v) is 8.00. The molecular weight excluding hydrogens is 438 g/mol. The molecule has 4 aliphatic heterocycles. The van der Waals surface area contributed by atoms with E-state index in [0.29, 0.717) is 41.3 Å². The van der Waals surface area contributed by atoms with Crippen LogP contribution in [-0.4, -0.2) is 18.9 Å². The lowest BCUT2D eigenvalue weighted by atomic mass is 9.78. The van der Waals surface area contributed by atoms with E-state index in [9.17, 15) is 15.3 Å². The van der Waals surface area contributed by atoms with Crippen molar-refractivity contribution in [2.75, 3.05) is 22.9 Å². The van der Waals surface area contributed by atoms with Crippen LogP contribution in [0.2, 0.25) is 0 Å². The van der Waals surface area contributed by atoms with Crippen LogP contribution in [-0.2, 0) is 4.79 Å². The Bertz CT molecular complexity index is 1280. The first-order chi connectivity index (χ1) is 15.6. The molecule has 0 saturated carbocycles. The highest BCUT2D eigenvalue weighted by atomic mass is 32.1. The smallest absolute Gasteiger partial charge is 0.161 e. The Balaban J connectivity index is 1.61. The maximum absolute atomic E-state index is 13.2. The Morgan fingerprint density at radius 3 is 2.62 bits per heavy atom. The van der Waals surface area contributed by atoms with Crippen LogP contribution < -0.4 is 15.5 Å². The fourth-order valence-electron chi connectivity index (χ4n) is 5.73. The van der Waals surface area contributed by atoms with E-state index >= 15 is 0 Å². The summed E-state index contributed by atoms with van der Waals surface area (Å²) >= 11 is 3.13. The molecule has 6 nitrogen and oxygen atoms in total. The van der Waals surface area contributed by atoms with Crippen molar-refractivity contribution in [1.29, 1.82) is 10.5 Å². The second-order valence-corrected chi connectivity index (χ2v) is 10.7. The maximum Gasteiger partial charge on any atom is 0.161 e. The van der Waals surface area contributed by atoms with Gasteiger partial charge in [-0.3, -0.25) is 9.69 Å². The topological polar surface area (TPSA) is 97.2 Å². The number of nitrogens with zero attached hydrogens (tertiary/aromatic N) is 4. The van der Waals surface area contributed by atoms with Crippen LogP contribution in [0.1, 0.15) is 59.9 Å². The molecule has 2 aromatic rings. The van der Waals surface area contributed by atoms with Gasteiger partial charge in [0.05, 0.1) is 28.1 Å². The van der Waals surface area contributed by atoms with Crippen molar-refractivity contribution >= 4 is 38.5 Å². The van der Waals surface area contributed by atoms with E-state index in [1.807, 2.05) is 22.4 Å². The van der Waals surface area contributed by atoms with E-state index in [2.05, 4.69) is 17.0 Å². The van der Waals surface area contributed by atoms with Crippen LogP contribution in [0, 0.1) is 22.7 Å². The number of piperidine rings is 1. The van der Waals surface area contributed by atoms with Crippen molar-refractivity contribution in [1.82, 2.24) is 0 Å². The molecule has 0 radical (unpaired) electrons. The first-order valence-electron chi connectivity index (χ1n) is 10.9. The van der Waals surface area contributed by atoms with Gasteiger partial charge in [0.1, 0.15) is 16.9 Å². The van der Waals surface area contributed by atoms with E-state index in [4.69, 9.17) is 5.73 Å². The van der Waals surface area contributed by atoms with E-state index in [0.717, 1.165) is 58.5 Å². The van der Waals surface area contributed by atoms with Gasteiger partial charge in [-0.1, -0.05) is 17.4 Å². The molecule has 2 N–H and O–H groups in total. The van der Waals surface area contributed by atoms with Gasteiger partial charge in [0.2, 0.25) is 0 Å². The summed E-state index contributed by atoms with van der Waals surface area (Å²) in [4.78, 5) is 18.4. The number of Topliss-reactive ketones (excluding diaryl/α,β-unsaturated/α-hetero) is 1. The Kier molecular flexibility index (Phi) is 4.43. The number of nitriles is 2. The molecule has 0 aromatic carbocycles. The average Bonchev–Trinajstić information content (AvgIpc) is 3.48. The number of allylic oxidation sites excluding steroid dienone is 3. The second kappa shape index (κ2) is 7.23. The van der Waals surface area contributed by atoms with Crippen molar-refractivity contribution in [2.45, 2.75) is 43.9 Å². The standard InChI is InChI=1S/C24H21N5OS2/c25-11-14-20(18-5-2-10-31-18)21-16(3-1-4-17(21)30)29(22(14)27)23-15(12-26)19-13-6-8-28(9-7-13)24(19)32-23/h2,5,10,13,20H,1,3-4,6-9,27H2/t20-/m0/s1. The summed E-state index contributed by atoms with van der Waals surface area (Å²) in [5, 5.41) is 24.2. The summed E-state index contributed by atoms with van der Waals surface area (Å²) in [6.45, 7) is 2.04. The van der Waals surface area contributed by atoms with Crippen LogP contribution in [0.4, 0.5) is 10.0 Å². The number of ketones is 1. The van der Waals surface area contributed by atoms with Gasteiger partial charge in [-0.25, -0.2) is 0 Å². The SMILES string of the molecule is N#CC1=C(N)N(c2sc3c(c2C#N)C2CCN3CC2)C2=C(C(=O)CCC2)[C@@H]1c1cccs1. The lowest BCUT2D eigenvalue weighted by molar-refractivity contribution is -0.116. The Labute approximate surface area is 194 Å². The molecule has 7 rings (SSSR count). The Morgan fingerprint density at radius 1 is 1.12 bits per heavy atom. The number of carbonyl (C=O) groups excluding carboxylic acids is 1. The molecule has 0 unspecified atom stereocenters. The normalized spacial score (nSPS) is 22.7.